The van der Waals surface area contributed by atoms with E-state index in [1.165, 1.54) is 0 Å². The van der Waals surface area contributed by atoms with Crippen molar-refractivity contribution in [2.75, 3.05) is 13.2 Å². The molecule has 5 heteroatoms. The number of hydrogen-bond acceptors (Lipinski definition) is 3. The molecule has 0 spiro atoms. The Hall–Kier alpha value is 0.460. The van der Waals surface area contributed by atoms with Crippen molar-refractivity contribution in [2.24, 2.45) is 11.5 Å². The summed E-state index contributed by atoms with van der Waals surface area (Å²) >= 11 is 0. The summed E-state index contributed by atoms with van der Waals surface area (Å²) in [6.45, 7) is 0.340. The van der Waals surface area contributed by atoms with Gasteiger partial charge in [-0.1, -0.05) is 0 Å². The molecule has 0 aromatic heterocycles. The predicted octanol–water partition coefficient (Wildman–Crippen LogP) is -0.892. The molecule has 0 rings (SSSR count). The van der Waals surface area contributed by atoms with Crippen LogP contribution in [0.4, 0.5) is 0 Å². The zero-order valence-corrected chi connectivity index (χ0v) is 6.04. The molecule has 0 amide bonds. The fraction of sp³-hybridized carbons (Fsp3) is 1.00. The van der Waals surface area contributed by atoms with Crippen molar-refractivity contribution in [1.82, 2.24) is 0 Å². The summed E-state index contributed by atoms with van der Waals surface area (Å²) in [4.78, 5) is 0. The summed E-state index contributed by atoms with van der Waals surface area (Å²) in [6, 6.07) is -0.231. The van der Waals surface area contributed by atoms with Gasteiger partial charge in [0.05, 0.1) is 6.61 Å². The van der Waals surface area contributed by atoms with E-state index >= 15 is 0 Å². The monoisotopic (exact) mass is 162 g/mol. The van der Waals surface area contributed by atoms with E-state index in [0.29, 0.717) is 6.54 Å². The number of aliphatic hydroxyl groups is 1. The van der Waals surface area contributed by atoms with Crippen LogP contribution in [0.15, 0.2) is 0 Å². The molecule has 1 atom stereocenters. The van der Waals surface area contributed by atoms with Gasteiger partial charge in [0.2, 0.25) is 0 Å². The minimum absolute atomic E-state index is 0. The lowest BCUT2D eigenvalue weighted by Crippen LogP contribution is -2.32. The van der Waals surface area contributed by atoms with Crippen LogP contribution in [-0.2, 0) is 0 Å². The first-order valence-corrected chi connectivity index (χ1v) is 1.87. The topological polar surface area (TPSA) is 72.3 Å². The van der Waals surface area contributed by atoms with Crippen LogP contribution >= 0.6 is 24.8 Å². The zero-order valence-electron chi connectivity index (χ0n) is 4.41. The normalized spacial score (nSPS) is 10.9. The molecule has 54 valence electrons. The van der Waals surface area contributed by atoms with Crippen molar-refractivity contribution in [3.8, 4) is 0 Å². The molecule has 0 aliphatic carbocycles. The number of halogens is 2. The van der Waals surface area contributed by atoms with Gasteiger partial charge in [-0.05, 0) is 0 Å². The molecule has 0 bridgehead atoms. The quantitative estimate of drug-likeness (QED) is 0.494. The fourth-order valence-electron chi connectivity index (χ4n) is 0.0745. The lowest BCUT2D eigenvalue weighted by atomic mass is 10.3. The molecule has 3 nitrogen and oxygen atoms in total. The van der Waals surface area contributed by atoms with Crippen molar-refractivity contribution in [3.05, 3.63) is 0 Å². The smallest absolute Gasteiger partial charge is 0.0594 e. The van der Waals surface area contributed by atoms with E-state index in [1.54, 1.807) is 0 Å². The Morgan fingerprint density at radius 2 is 1.75 bits per heavy atom. The molecule has 0 aliphatic heterocycles. The molecule has 8 heavy (non-hydrogen) atoms. The SMILES string of the molecule is Cl.Cl.NC[C@H](N)CO. The third-order valence-corrected chi connectivity index (χ3v) is 0.537. The molecule has 0 radical (unpaired) electrons. The van der Waals surface area contributed by atoms with Crippen molar-refractivity contribution in [1.29, 1.82) is 0 Å². The highest BCUT2D eigenvalue weighted by atomic mass is 35.5. The van der Waals surface area contributed by atoms with Gasteiger partial charge in [-0.3, -0.25) is 0 Å². The molecule has 0 unspecified atom stereocenters. The maximum Gasteiger partial charge on any atom is 0.0594 e. The molecule has 0 aromatic rings. The van der Waals surface area contributed by atoms with E-state index in [-0.39, 0.29) is 37.5 Å². The molecule has 0 fully saturated rings. The van der Waals surface area contributed by atoms with Gasteiger partial charge in [-0.2, -0.15) is 0 Å². The highest BCUT2D eigenvalue weighted by Gasteiger charge is 1.90. The summed E-state index contributed by atoms with van der Waals surface area (Å²) in [6.07, 6.45) is 0. The Kier molecular flexibility index (Phi) is 20.6. The van der Waals surface area contributed by atoms with E-state index in [4.69, 9.17) is 16.6 Å². The van der Waals surface area contributed by atoms with Crippen LogP contribution < -0.4 is 11.5 Å². The Bertz CT molecular complexity index is 34.5. The average molecular weight is 163 g/mol. The molecule has 0 aromatic carbocycles. The predicted molar refractivity (Wildman–Crippen MR) is 38.6 cm³/mol. The first kappa shape index (κ1) is 15.8. The van der Waals surface area contributed by atoms with Crippen LogP contribution in [-0.4, -0.2) is 24.3 Å². The van der Waals surface area contributed by atoms with Crippen LogP contribution in [0.1, 0.15) is 0 Å². The van der Waals surface area contributed by atoms with Gasteiger partial charge in [0.1, 0.15) is 0 Å². The Morgan fingerprint density at radius 3 is 1.75 bits per heavy atom. The Labute approximate surface area is 61.2 Å². The molecular weight excluding hydrogens is 151 g/mol. The second kappa shape index (κ2) is 10.4. The lowest BCUT2D eigenvalue weighted by Gasteiger charge is -1.99. The Balaban J connectivity index is -0.000000125. The minimum atomic E-state index is -0.231. The van der Waals surface area contributed by atoms with E-state index in [0.717, 1.165) is 0 Å². The van der Waals surface area contributed by atoms with Crippen LogP contribution in [0.3, 0.4) is 0 Å². The van der Waals surface area contributed by atoms with E-state index in [1.807, 2.05) is 0 Å². The highest BCUT2D eigenvalue weighted by Crippen LogP contribution is 1.63. The maximum atomic E-state index is 8.13. The summed E-state index contributed by atoms with van der Waals surface area (Å²) in [5.41, 5.74) is 10.1. The molecule has 5 N–H and O–H groups in total. The van der Waals surface area contributed by atoms with Crippen LogP contribution in [0.25, 0.3) is 0 Å². The first-order chi connectivity index (χ1) is 2.81. The van der Waals surface area contributed by atoms with Crippen molar-refractivity contribution in [3.63, 3.8) is 0 Å². The second-order valence-corrected chi connectivity index (χ2v) is 1.18. The zero-order chi connectivity index (χ0) is 4.99. The summed E-state index contributed by atoms with van der Waals surface area (Å²) in [5, 5.41) is 8.13. The summed E-state index contributed by atoms with van der Waals surface area (Å²) in [7, 11) is 0. The maximum absolute atomic E-state index is 8.13. The average Bonchev–Trinajstić information content (AvgIpc) is 1.65. The summed E-state index contributed by atoms with van der Waals surface area (Å²) < 4.78 is 0. The Morgan fingerprint density at radius 1 is 1.38 bits per heavy atom. The van der Waals surface area contributed by atoms with Crippen LogP contribution in [0.5, 0.6) is 0 Å². The number of aliphatic hydroxyl groups excluding tert-OH is 1. The lowest BCUT2D eigenvalue weighted by molar-refractivity contribution is 0.268. The highest BCUT2D eigenvalue weighted by molar-refractivity contribution is 5.85. The van der Waals surface area contributed by atoms with E-state index < -0.39 is 0 Å². The standard InChI is InChI=1S/C3H10N2O.2ClH/c4-1-3(5)2-6;;/h3,6H,1-2,4-5H2;2*1H/t3-;;/m0../s1. The largest absolute Gasteiger partial charge is 0.395 e. The van der Waals surface area contributed by atoms with Crippen LogP contribution in [0, 0.1) is 0 Å². The van der Waals surface area contributed by atoms with Gasteiger partial charge in [0, 0.05) is 12.6 Å². The van der Waals surface area contributed by atoms with Gasteiger partial charge >= 0.3 is 0 Å². The van der Waals surface area contributed by atoms with Gasteiger partial charge in [0.15, 0.2) is 0 Å². The molecule has 0 heterocycles. The minimum Gasteiger partial charge on any atom is -0.395 e. The summed E-state index contributed by atoms with van der Waals surface area (Å²) in [5.74, 6) is 0. The molecular formula is C3H12Cl2N2O. The van der Waals surface area contributed by atoms with Crippen molar-refractivity contribution >= 4 is 24.8 Å². The van der Waals surface area contributed by atoms with Crippen molar-refractivity contribution in [2.45, 2.75) is 6.04 Å². The van der Waals surface area contributed by atoms with Gasteiger partial charge in [-0.15, -0.1) is 24.8 Å². The molecule has 0 saturated carbocycles. The number of hydrogen-bond donors (Lipinski definition) is 3. The number of rotatable bonds is 2. The van der Waals surface area contributed by atoms with Gasteiger partial charge in [0.25, 0.3) is 0 Å². The molecule has 0 saturated heterocycles. The number of nitrogens with two attached hydrogens (primary N) is 2. The van der Waals surface area contributed by atoms with E-state index in [9.17, 15) is 0 Å². The van der Waals surface area contributed by atoms with Gasteiger partial charge in [-0.25, -0.2) is 0 Å². The molecule has 0 aliphatic rings. The van der Waals surface area contributed by atoms with Crippen molar-refractivity contribution < 1.29 is 5.11 Å². The first-order valence-electron chi connectivity index (χ1n) is 1.87. The van der Waals surface area contributed by atoms with Gasteiger partial charge < -0.3 is 16.6 Å². The second-order valence-electron chi connectivity index (χ2n) is 1.18. The third kappa shape index (κ3) is 9.68. The van der Waals surface area contributed by atoms with E-state index in [2.05, 4.69) is 0 Å². The third-order valence-electron chi connectivity index (χ3n) is 0.537. The fourth-order valence-corrected chi connectivity index (χ4v) is 0.0745. The van der Waals surface area contributed by atoms with Crippen LogP contribution in [0.2, 0.25) is 0 Å².